The lowest BCUT2D eigenvalue weighted by atomic mass is 10.1. The van der Waals surface area contributed by atoms with E-state index < -0.39 is 11.9 Å². The van der Waals surface area contributed by atoms with Gasteiger partial charge in [0, 0.05) is 12.8 Å². The van der Waals surface area contributed by atoms with Crippen LogP contribution in [0.25, 0.3) is 0 Å². The number of carbonyl (C=O) groups excluding carboxylic acids is 2. The lowest BCUT2D eigenvalue weighted by Crippen LogP contribution is -2.15. The number of ether oxygens (including phenoxy) is 2. The van der Waals surface area contributed by atoms with Crippen LogP contribution < -0.4 is 0 Å². The minimum absolute atomic E-state index is 0.293. The van der Waals surface area contributed by atoms with Gasteiger partial charge in [0.2, 0.25) is 0 Å². The third-order valence-corrected chi connectivity index (χ3v) is 5.81. The molecule has 0 aliphatic heterocycles. The lowest BCUT2D eigenvalue weighted by molar-refractivity contribution is 0.0450. The summed E-state index contributed by atoms with van der Waals surface area (Å²) in [6.45, 7) is 5.17. The molecule has 0 heterocycles. The highest BCUT2D eigenvalue weighted by Gasteiger charge is 2.18. The highest BCUT2D eigenvalue weighted by atomic mass is 16.5. The fourth-order valence-corrected chi connectivity index (χ4v) is 3.69. The van der Waals surface area contributed by atoms with Crippen LogP contribution in [0.5, 0.6) is 0 Å². The van der Waals surface area contributed by atoms with E-state index in [-0.39, 0.29) is 0 Å². The smallest absolute Gasteiger partial charge is 0.339 e. The molecule has 0 aromatic heterocycles. The molecule has 0 amide bonds. The first-order chi connectivity index (χ1) is 16.7. The number of hydrogen-bond acceptors (Lipinski definition) is 4. The SMILES string of the molecule is C1#CCCCC1.CCCCCCCCOC(=O)c1ccccc1C(=O)OCCCCCCCC. The molecule has 0 fully saturated rings. The van der Waals surface area contributed by atoms with Gasteiger partial charge in [-0.15, -0.1) is 11.8 Å². The number of rotatable bonds is 16. The van der Waals surface area contributed by atoms with Gasteiger partial charge in [0.25, 0.3) is 0 Å². The Morgan fingerprint density at radius 3 is 1.38 bits per heavy atom. The molecular formula is C30H46O4. The summed E-state index contributed by atoms with van der Waals surface area (Å²) in [4.78, 5) is 24.7. The van der Waals surface area contributed by atoms with Crippen LogP contribution >= 0.6 is 0 Å². The van der Waals surface area contributed by atoms with Crippen molar-refractivity contribution in [3.63, 3.8) is 0 Å². The summed E-state index contributed by atoms with van der Waals surface area (Å²) in [5.41, 5.74) is 0.586. The Kier molecular flexibility index (Phi) is 18.6. The first kappa shape index (κ1) is 29.8. The van der Waals surface area contributed by atoms with Crippen molar-refractivity contribution < 1.29 is 19.1 Å². The first-order valence-electron chi connectivity index (χ1n) is 13.6. The molecule has 2 rings (SSSR count). The zero-order valence-electron chi connectivity index (χ0n) is 21.7. The second-order valence-electron chi connectivity index (χ2n) is 8.91. The van der Waals surface area contributed by atoms with Gasteiger partial charge in [-0.25, -0.2) is 9.59 Å². The first-order valence-corrected chi connectivity index (χ1v) is 13.6. The second-order valence-corrected chi connectivity index (χ2v) is 8.91. The zero-order valence-corrected chi connectivity index (χ0v) is 21.7. The lowest BCUT2D eigenvalue weighted by Gasteiger charge is -2.10. The third-order valence-electron chi connectivity index (χ3n) is 5.81. The second kappa shape index (κ2) is 21.3. The van der Waals surface area contributed by atoms with Crippen LogP contribution in [0.2, 0.25) is 0 Å². The molecule has 0 saturated heterocycles. The third kappa shape index (κ3) is 14.8. The molecule has 34 heavy (non-hydrogen) atoms. The number of carbonyl (C=O) groups is 2. The fourth-order valence-electron chi connectivity index (χ4n) is 3.69. The van der Waals surface area contributed by atoms with Crippen LogP contribution in [0.15, 0.2) is 24.3 Å². The van der Waals surface area contributed by atoms with Crippen LogP contribution in [0, 0.1) is 11.8 Å². The van der Waals surface area contributed by atoms with E-state index in [1.54, 1.807) is 24.3 Å². The Hall–Kier alpha value is -2.28. The van der Waals surface area contributed by atoms with Gasteiger partial charge < -0.3 is 9.47 Å². The van der Waals surface area contributed by atoms with E-state index >= 15 is 0 Å². The summed E-state index contributed by atoms with van der Waals surface area (Å²) in [7, 11) is 0. The maximum absolute atomic E-state index is 12.4. The van der Waals surface area contributed by atoms with Gasteiger partial charge in [0.15, 0.2) is 0 Å². The van der Waals surface area contributed by atoms with Gasteiger partial charge in [-0.1, -0.05) is 90.2 Å². The quantitative estimate of drug-likeness (QED) is 0.138. The molecule has 4 nitrogen and oxygen atoms in total. The van der Waals surface area contributed by atoms with Gasteiger partial charge in [-0.3, -0.25) is 0 Å². The summed E-state index contributed by atoms with van der Waals surface area (Å²) in [6, 6.07) is 6.74. The maximum atomic E-state index is 12.4. The summed E-state index contributed by atoms with van der Waals surface area (Å²) in [6.07, 6.45) is 18.6. The van der Waals surface area contributed by atoms with Crippen molar-refractivity contribution in [2.75, 3.05) is 13.2 Å². The molecule has 0 radical (unpaired) electrons. The van der Waals surface area contributed by atoms with Crippen molar-refractivity contribution in [3.05, 3.63) is 35.4 Å². The molecule has 1 aromatic carbocycles. The van der Waals surface area contributed by atoms with Gasteiger partial charge in [0.1, 0.15) is 0 Å². The highest BCUT2D eigenvalue weighted by molar-refractivity contribution is 6.03. The van der Waals surface area contributed by atoms with Crippen molar-refractivity contribution in [3.8, 4) is 11.8 Å². The molecule has 1 aliphatic rings. The molecule has 1 aliphatic carbocycles. The topological polar surface area (TPSA) is 52.6 Å². The average Bonchev–Trinajstić information content (AvgIpc) is 2.88. The van der Waals surface area contributed by atoms with Crippen LogP contribution in [0.4, 0.5) is 0 Å². The number of hydrogen-bond donors (Lipinski definition) is 0. The summed E-state index contributed by atoms with van der Waals surface area (Å²) >= 11 is 0. The van der Waals surface area contributed by atoms with Crippen molar-refractivity contribution in [1.82, 2.24) is 0 Å². The van der Waals surface area contributed by atoms with Crippen molar-refractivity contribution in [1.29, 1.82) is 0 Å². The molecule has 0 N–H and O–H groups in total. The molecule has 0 bridgehead atoms. The van der Waals surface area contributed by atoms with E-state index in [4.69, 9.17) is 9.47 Å². The minimum atomic E-state index is -0.444. The van der Waals surface area contributed by atoms with Crippen LogP contribution in [-0.2, 0) is 9.47 Å². The zero-order chi connectivity index (χ0) is 24.7. The van der Waals surface area contributed by atoms with Gasteiger partial charge in [-0.05, 0) is 37.8 Å². The Morgan fingerprint density at radius 1 is 0.647 bits per heavy atom. The highest BCUT2D eigenvalue weighted by Crippen LogP contribution is 2.14. The molecule has 190 valence electrons. The van der Waals surface area contributed by atoms with Crippen LogP contribution in [0.3, 0.4) is 0 Å². The number of esters is 2. The van der Waals surface area contributed by atoms with Gasteiger partial charge in [-0.2, -0.15) is 0 Å². The standard InChI is InChI=1S/C24H38O4.C6H8/c1-3-5-7-9-11-15-19-27-23(25)21-17-13-14-18-22(21)24(26)28-20-16-12-10-8-6-4-2;1-2-4-6-5-3-1/h13-14,17-18H,3-12,15-16,19-20H2,1-2H3;1-4H2. The van der Waals surface area contributed by atoms with Gasteiger partial charge in [0.05, 0.1) is 24.3 Å². The maximum Gasteiger partial charge on any atom is 0.339 e. The van der Waals surface area contributed by atoms with E-state index in [1.165, 1.54) is 64.2 Å². The van der Waals surface area contributed by atoms with E-state index in [0.29, 0.717) is 24.3 Å². The largest absolute Gasteiger partial charge is 0.462 e. The van der Waals surface area contributed by atoms with Gasteiger partial charge >= 0.3 is 11.9 Å². The van der Waals surface area contributed by atoms with E-state index in [0.717, 1.165) is 38.5 Å². The molecule has 1 aromatic rings. The molecule has 4 heteroatoms. The summed E-state index contributed by atoms with van der Waals surface area (Å²) < 4.78 is 10.7. The molecule has 0 unspecified atom stereocenters. The predicted molar refractivity (Wildman–Crippen MR) is 140 cm³/mol. The Labute approximate surface area is 208 Å². The minimum Gasteiger partial charge on any atom is -0.462 e. The molecular weight excluding hydrogens is 424 g/mol. The molecule has 0 spiro atoms. The van der Waals surface area contributed by atoms with Crippen molar-refractivity contribution in [2.45, 2.75) is 117 Å². The Bertz CT molecular complexity index is 670. The average molecular weight is 471 g/mol. The monoisotopic (exact) mass is 470 g/mol. The summed E-state index contributed by atoms with van der Waals surface area (Å²) in [5.74, 6) is 5.18. The number of unbranched alkanes of at least 4 members (excludes halogenated alkanes) is 10. The summed E-state index contributed by atoms with van der Waals surface area (Å²) in [5, 5.41) is 0. The molecule has 0 atom stereocenters. The molecule has 0 saturated carbocycles. The Morgan fingerprint density at radius 2 is 1.03 bits per heavy atom. The van der Waals surface area contributed by atoms with Crippen molar-refractivity contribution >= 4 is 11.9 Å². The Balaban J connectivity index is 0.000000830. The van der Waals surface area contributed by atoms with Crippen LogP contribution in [0.1, 0.15) is 137 Å². The number of benzene rings is 1. The van der Waals surface area contributed by atoms with Crippen LogP contribution in [-0.4, -0.2) is 25.2 Å². The van der Waals surface area contributed by atoms with Crippen molar-refractivity contribution in [2.24, 2.45) is 0 Å². The normalized spacial score (nSPS) is 12.1. The fraction of sp³-hybridized carbons (Fsp3) is 0.667. The van der Waals surface area contributed by atoms with E-state index in [1.807, 2.05) is 0 Å². The van der Waals surface area contributed by atoms with E-state index in [2.05, 4.69) is 25.7 Å². The predicted octanol–water partition coefficient (Wildman–Crippen LogP) is 8.29. The van der Waals surface area contributed by atoms with E-state index in [9.17, 15) is 9.59 Å².